The maximum absolute atomic E-state index is 13.9. The molecule has 1 atom stereocenters. The van der Waals surface area contributed by atoms with E-state index >= 15 is 0 Å². The predicted molar refractivity (Wildman–Crippen MR) is 93.3 cm³/mol. The van der Waals surface area contributed by atoms with Gasteiger partial charge < -0.3 is 14.3 Å². The summed E-state index contributed by atoms with van der Waals surface area (Å²) in [6, 6.07) is 10.6. The van der Waals surface area contributed by atoms with Crippen LogP contribution in [0.1, 0.15) is 17.6 Å². The minimum atomic E-state index is -0.267. The number of piperazine rings is 1. The average molecular weight is 340 g/mol. The second-order valence-electron chi connectivity index (χ2n) is 6.33. The summed E-state index contributed by atoms with van der Waals surface area (Å²) >= 11 is 0. The Morgan fingerprint density at radius 1 is 1.28 bits per heavy atom. The summed E-state index contributed by atoms with van der Waals surface area (Å²) in [6.45, 7) is 3.37. The van der Waals surface area contributed by atoms with E-state index in [9.17, 15) is 4.39 Å². The third-order valence-corrected chi connectivity index (χ3v) is 4.67. The summed E-state index contributed by atoms with van der Waals surface area (Å²) in [4.78, 5) is 6.85. The van der Waals surface area contributed by atoms with Crippen LogP contribution in [0.5, 0.6) is 0 Å². The Kier molecular flexibility index (Phi) is 4.38. The number of hydrogen-bond acceptors (Lipinski definition) is 4. The molecule has 1 fully saturated rings. The van der Waals surface area contributed by atoms with Crippen molar-refractivity contribution in [3.05, 3.63) is 66.2 Å². The van der Waals surface area contributed by atoms with Crippen LogP contribution in [-0.2, 0) is 13.6 Å². The van der Waals surface area contributed by atoms with Crippen LogP contribution in [0.3, 0.4) is 0 Å². The van der Waals surface area contributed by atoms with Crippen LogP contribution in [0.4, 0.5) is 4.39 Å². The maximum atomic E-state index is 13.9. The molecule has 4 rings (SSSR count). The van der Waals surface area contributed by atoms with Gasteiger partial charge in [0.1, 0.15) is 23.2 Å². The van der Waals surface area contributed by atoms with Gasteiger partial charge in [-0.05, 0) is 24.3 Å². The summed E-state index contributed by atoms with van der Waals surface area (Å²) in [5.74, 6) is 2.17. The lowest BCUT2D eigenvalue weighted by Crippen LogP contribution is -2.46. The zero-order valence-electron chi connectivity index (χ0n) is 14.2. The summed E-state index contributed by atoms with van der Waals surface area (Å²) in [7, 11) is 2.01. The highest BCUT2D eigenvalue weighted by Gasteiger charge is 2.27. The van der Waals surface area contributed by atoms with Gasteiger partial charge in [0, 0.05) is 39.1 Å². The summed E-state index contributed by atoms with van der Waals surface area (Å²) in [5, 5.41) is 3.43. The number of nitrogens with one attached hydrogen (secondary N) is 1. The number of rotatable bonds is 4. The van der Waals surface area contributed by atoms with Gasteiger partial charge in [-0.25, -0.2) is 9.37 Å². The largest absolute Gasteiger partial charge is 0.460 e. The molecule has 1 aromatic carbocycles. The highest BCUT2D eigenvalue weighted by Crippen LogP contribution is 2.27. The van der Waals surface area contributed by atoms with Gasteiger partial charge in [-0.1, -0.05) is 12.1 Å². The minimum Gasteiger partial charge on any atom is -0.460 e. The molecule has 2 aromatic heterocycles. The van der Waals surface area contributed by atoms with Crippen molar-refractivity contribution in [3.8, 4) is 11.3 Å². The quantitative estimate of drug-likeness (QED) is 0.793. The Morgan fingerprint density at radius 3 is 2.96 bits per heavy atom. The number of benzene rings is 1. The zero-order chi connectivity index (χ0) is 17.2. The number of aryl methyl sites for hydroxylation is 1. The van der Waals surface area contributed by atoms with Crippen LogP contribution in [-0.4, -0.2) is 34.1 Å². The normalized spacial score (nSPS) is 18.6. The van der Waals surface area contributed by atoms with E-state index in [1.165, 1.54) is 6.07 Å². The molecule has 3 aromatic rings. The van der Waals surface area contributed by atoms with Crippen molar-refractivity contribution in [2.75, 3.05) is 19.6 Å². The Balaban J connectivity index is 1.55. The van der Waals surface area contributed by atoms with Gasteiger partial charge in [-0.15, -0.1) is 0 Å². The smallest absolute Gasteiger partial charge is 0.137 e. The number of furan rings is 1. The van der Waals surface area contributed by atoms with Crippen molar-refractivity contribution < 1.29 is 8.81 Å². The van der Waals surface area contributed by atoms with E-state index in [0.29, 0.717) is 17.9 Å². The molecule has 25 heavy (non-hydrogen) atoms. The fourth-order valence-corrected chi connectivity index (χ4v) is 3.36. The average Bonchev–Trinajstić information content (AvgIpc) is 3.25. The molecule has 0 spiro atoms. The number of aromatic nitrogens is 2. The monoisotopic (exact) mass is 340 g/mol. The third kappa shape index (κ3) is 3.23. The zero-order valence-corrected chi connectivity index (χ0v) is 14.2. The Bertz CT molecular complexity index is 856. The number of hydrogen-bond donors (Lipinski definition) is 1. The van der Waals surface area contributed by atoms with Gasteiger partial charge in [0.25, 0.3) is 0 Å². The van der Waals surface area contributed by atoms with E-state index in [0.717, 1.165) is 31.2 Å². The second kappa shape index (κ2) is 6.82. The fraction of sp³-hybridized carbons (Fsp3) is 0.316. The number of halogens is 1. The van der Waals surface area contributed by atoms with E-state index in [2.05, 4.69) is 19.8 Å². The summed E-state index contributed by atoms with van der Waals surface area (Å²) in [6.07, 6.45) is 3.79. The van der Waals surface area contributed by atoms with Crippen LogP contribution in [0.25, 0.3) is 11.3 Å². The predicted octanol–water partition coefficient (Wildman–Crippen LogP) is 2.97. The number of nitrogens with zero attached hydrogens (tertiary/aromatic N) is 3. The molecule has 0 bridgehead atoms. The second-order valence-corrected chi connectivity index (χ2v) is 6.33. The van der Waals surface area contributed by atoms with Crippen LogP contribution in [0.15, 0.2) is 53.2 Å². The lowest BCUT2D eigenvalue weighted by Gasteiger charge is -2.35. The van der Waals surface area contributed by atoms with E-state index in [1.807, 2.05) is 37.6 Å². The highest BCUT2D eigenvalue weighted by molar-refractivity contribution is 5.58. The first-order valence-electron chi connectivity index (χ1n) is 8.48. The molecule has 1 saturated heterocycles. The molecule has 1 aliphatic rings. The molecule has 0 saturated carbocycles. The minimum absolute atomic E-state index is 0.191. The summed E-state index contributed by atoms with van der Waals surface area (Å²) in [5.41, 5.74) is 0.495. The molecular weight excluding hydrogens is 319 g/mol. The van der Waals surface area contributed by atoms with Gasteiger partial charge in [0.05, 0.1) is 18.2 Å². The van der Waals surface area contributed by atoms with Crippen molar-refractivity contribution >= 4 is 0 Å². The molecule has 5 nitrogen and oxygen atoms in total. The van der Waals surface area contributed by atoms with Gasteiger partial charge >= 0.3 is 0 Å². The molecule has 1 N–H and O–H groups in total. The van der Waals surface area contributed by atoms with Gasteiger partial charge in [-0.2, -0.15) is 0 Å². The molecule has 130 valence electrons. The van der Waals surface area contributed by atoms with E-state index < -0.39 is 0 Å². The van der Waals surface area contributed by atoms with Gasteiger partial charge in [-0.3, -0.25) is 4.90 Å². The Morgan fingerprint density at radius 2 is 2.16 bits per heavy atom. The van der Waals surface area contributed by atoms with E-state index in [4.69, 9.17) is 4.42 Å². The molecule has 3 heterocycles. The van der Waals surface area contributed by atoms with Crippen molar-refractivity contribution in [2.45, 2.75) is 12.6 Å². The molecule has 1 aliphatic heterocycles. The number of imidazole rings is 1. The first-order chi connectivity index (χ1) is 12.2. The Labute approximate surface area is 146 Å². The van der Waals surface area contributed by atoms with Crippen LogP contribution in [0, 0.1) is 5.82 Å². The van der Waals surface area contributed by atoms with E-state index in [1.54, 1.807) is 12.1 Å². The van der Waals surface area contributed by atoms with Crippen LogP contribution < -0.4 is 5.32 Å². The lowest BCUT2D eigenvalue weighted by molar-refractivity contribution is 0.135. The molecule has 0 aliphatic carbocycles. The Hall–Kier alpha value is -2.44. The van der Waals surface area contributed by atoms with Gasteiger partial charge in [0.2, 0.25) is 0 Å². The van der Waals surface area contributed by atoms with Crippen molar-refractivity contribution in [1.82, 2.24) is 19.8 Å². The first-order valence-corrected chi connectivity index (χ1v) is 8.48. The highest BCUT2D eigenvalue weighted by atomic mass is 19.1. The first kappa shape index (κ1) is 16.1. The molecule has 0 amide bonds. The lowest BCUT2D eigenvalue weighted by atomic mass is 10.1. The van der Waals surface area contributed by atoms with Crippen molar-refractivity contribution in [3.63, 3.8) is 0 Å². The molecule has 6 heteroatoms. The molecule has 1 unspecified atom stereocenters. The van der Waals surface area contributed by atoms with E-state index in [-0.39, 0.29) is 11.9 Å². The van der Waals surface area contributed by atoms with Crippen LogP contribution >= 0.6 is 0 Å². The van der Waals surface area contributed by atoms with Crippen LogP contribution in [0.2, 0.25) is 0 Å². The fourth-order valence-electron chi connectivity index (χ4n) is 3.36. The standard InChI is InChI=1S/C19H21FN4O/c1-23-10-9-22-19(23)17-12-21-8-11-24(17)13-14-6-7-18(25-14)15-4-2-3-5-16(15)20/h2-7,9-10,17,21H,8,11-13H2,1H3. The third-order valence-electron chi connectivity index (χ3n) is 4.67. The van der Waals surface area contributed by atoms with Gasteiger partial charge in [0.15, 0.2) is 0 Å². The molecular formula is C19H21FN4O. The SMILES string of the molecule is Cn1ccnc1C1CNCCN1Cc1ccc(-c2ccccc2F)o1. The maximum Gasteiger partial charge on any atom is 0.137 e. The topological polar surface area (TPSA) is 46.2 Å². The summed E-state index contributed by atoms with van der Waals surface area (Å²) < 4.78 is 21.9. The van der Waals surface area contributed by atoms with Crippen molar-refractivity contribution in [2.24, 2.45) is 7.05 Å². The molecule has 0 radical (unpaired) electrons. The van der Waals surface area contributed by atoms with Crippen molar-refractivity contribution in [1.29, 1.82) is 0 Å².